The number of rotatable bonds is 9. The van der Waals surface area contributed by atoms with Gasteiger partial charge in [-0.05, 0) is 99.0 Å². The Morgan fingerprint density at radius 3 is 2.37 bits per heavy atom. The number of benzene rings is 2. The van der Waals surface area contributed by atoms with Crippen molar-refractivity contribution in [1.29, 1.82) is 0 Å². The van der Waals surface area contributed by atoms with Gasteiger partial charge in [-0.25, -0.2) is 0 Å². The molecule has 3 aromatic rings. The van der Waals surface area contributed by atoms with Gasteiger partial charge in [0, 0.05) is 74.0 Å². The first-order valence-electron chi connectivity index (χ1n) is 15.3. The van der Waals surface area contributed by atoms with Crippen LogP contribution in [0.4, 0.5) is 11.4 Å². The first-order chi connectivity index (χ1) is 19.8. The first-order valence-corrected chi connectivity index (χ1v) is 15.3. The van der Waals surface area contributed by atoms with Gasteiger partial charge in [0.2, 0.25) is 0 Å². The maximum absolute atomic E-state index is 13.7. The number of hydrogen-bond acceptors (Lipinski definition) is 5. The Bertz CT molecular complexity index is 1420. The number of pyridine rings is 1. The summed E-state index contributed by atoms with van der Waals surface area (Å²) < 4.78 is 0. The van der Waals surface area contributed by atoms with Crippen LogP contribution in [0.2, 0.25) is 0 Å². The van der Waals surface area contributed by atoms with Crippen LogP contribution in [0.15, 0.2) is 47.3 Å². The van der Waals surface area contributed by atoms with E-state index in [1.165, 1.54) is 31.4 Å². The molecule has 1 saturated heterocycles. The van der Waals surface area contributed by atoms with Gasteiger partial charge in [-0.15, -0.1) is 0 Å². The van der Waals surface area contributed by atoms with Crippen molar-refractivity contribution in [1.82, 2.24) is 15.6 Å². The van der Waals surface area contributed by atoms with E-state index in [1.54, 1.807) is 0 Å². The molecule has 1 saturated carbocycles. The van der Waals surface area contributed by atoms with Gasteiger partial charge in [0.15, 0.2) is 0 Å². The fourth-order valence-corrected chi connectivity index (χ4v) is 6.49. The number of carbonyl (C=O) groups is 1. The number of aryl methyl sites for hydroxylation is 2. The van der Waals surface area contributed by atoms with Gasteiger partial charge in [-0.2, -0.15) is 0 Å². The minimum absolute atomic E-state index is 0.146. The van der Waals surface area contributed by atoms with Gasteiger partial charge in [0.05, 0.1) is 0 Å². The van der Waals surface area contributed by atoms with Crippen LogP contribution in [-0.4, -0.2) is 50.2 Å². The van der Waals surface area contributed by atoms with Crippen molar-refractivity contribution in [2.75, 3.05) is 49.1 Å². The summed E-state index contributed by atoms with van der Waals surface area (Å²) in [6, 6.07) is 15.0. The van der Waals surface area contributed by atoms with Crippen LogP contribution >= 0.6 is 0 Å². The summed E-state index contributed by atoms with van der Waals surface area (Å²) in [5, 5.41) is 6.47. The van der Waals surface area contributed by atoms with E-state index in [1.807, 2.05) is 26.0 Å². The monoisotopic (exact) mass is 555 g/mol. The number of hydrogen-bond donors (Lipinski definition) is 3. The van der Waals surface area contributed by atoms with Crippen LogP contribution in [-0.2, 0) is 6.54 Å². The number of H-pyrrole nitrogens is 1. The Balaban J connectivity index is 1.47. The topological polar surface area (TPSA) is 80.5 Å². The molecule has 1 aliphatic carbocycles. The fraction of sp³-hybridized carbons (Fsp3) is 0.471. The molecule has 2 heterocycles. The van der Waals surface area contributed by atoms with Crippen molar-refractivity contribution < 1.29 is 4.79 Å². The first kappa shape index (κ1) is 28.9. The van der Waals surface area contributed by atoms with Crippen molar-refractivity contribution >= 4 is 17.3 Å². The fourth-order valence-electron chi connectivity index (χ4n) is 6.49. The van der Waals surface area contributed by atoms with Crippen molar-refractivity contribution in [3.8, 4) is 11.1 Å². The summed E-state index contributed by atoms with van der Waals surface area (Å²) in [5.41, 5.74) is 8.29. The molecule has 0 bridgehead atoms. The van der Waals surface area contributed by atoms with Crippen LogP contribution < -0.4 is 26.0 Å². The number of aromatic amines is 1. The Hall–Kier alpha value is -3.58. The third kappa shape index (κ3) is 6.67. The third-order valence-electron chi connectivity index (χ3n) is 8.90. The van der Waals surface area contributed by atoms with E-state index in [2.05, 4.69) is 69.6 Å². The summed E-state index contributed by atoms with van der Waals surface area (Å²) in [7, 11) is 0. The van der Waals surface area contributed by atoms with E-state index < -0.39 is 0 Å². The smallest absolute Gasteiger partial charge is 0.253 e. The molecule has 41 heavy (non-hydrogen) atoms. The Morgan fingerprint density at radius 2 is 1.71 bits per heavy atom. The zero-order valence-corrected chi connectivity index (χ0v) is 25.1. The van der Waals surface area contributed by atoms with Crippen LogP contribution in [0.25, 0.3) is 11.1 Å². The highest BCUT2D eigenvalue weighted by Gasteiger charge is 2.23. The van der Waals surface area contributed by atoms with E-state index in [0.717, 1.165) is 72.9 Å². The number of carbonyl (C=O) groups excluding carboxylic acids is 1. The van der Waals surface area contributed by atoms with Gasteiger partial charge in [-0.1, -0.05) is 25.0 Å². The lowest BCUT2D eigenvalue weighted by atomic mass is 9.95. The number of anilines is 2. The Morgan fingerprint density at radius 1 is 1.00 bits per heavy atom. The van der Waals surface area contributed by atoms with Gasteiger partial charge >= 0.3 is 0 Å². The highest BCUT2D eigenvalue weighted by atomic mass is 16.1. The van der Waals surface area contributed by atoms with E-state index in [4.69, 9.17) is 0 Å². The number of aromatic nitrogens is 1. The van der Waals surface area contributed by atoms with E-state index in [-0.39, 0.29) is 18.0 Å². The minimum atomic E-state index is -0.153. The lowest BCUT2D eigenvalue weighted by Gasteiger charge is -2.30. The van der Waals surface area contributed by atoms with Gasteiger partial charge in [-0.3, -0.25) is 9.59 Å². The molecule has 5 rings (SSSR count). The molecule has 0 atom stereocenters. The van der Waals surface area contributed by atoms with Crippen molar-refractivity contribution in [2.24, 2.45) is 5.92 Å². The summed E-state index contributed by atoms with van der Waals surface area (Å²) in [6.07, 6.45) is 5.18. The van der Waals surface area contributed by atoms with Crippen LogP contribution in [0.5, 0.6) is 0 Å². The molecule has 0 unspecified atom stereocenters. The third-order valence-corrected chi connectivity index (χ3v) is 8.90. The second-order valence-electron chi connectivity index (χ2n) is 11.8. The molecule has 7 nitrogen and oxygen atoms in total. The number of nitrogens with one attached hydrogen (secondary N) is 3. The molecule has 1 aromatic heterocycles. The molecule has 1 amide bonds. The Labute approximate surface area is 244 Å². The zero-order valence-electron chi connectivity index (χ0n) is 25.1. The molecule has 3 N–H and O–H groups in total. The molecular weight excluding hydrogens is 510 g/mol. The molecule has 0 radical (unpaired) electrons. The Kier molecular flexibility index (Phi) is 9.13. The van der Waals surface area contributed by atoms with Crippen molar-refractivity contribution in [3.63, 3.8) is 0 Å². The van der Waals surface area contributed by atoms with Crippen molar-refractivity contribution in [2.45, 2.75) is 59.9 Å². The predicted molar refractivity (Wildman–Crippen MR) is 169 cm³/mol. The average Bonchev–Trinajstić information content (AvgIpc) is 3.49. The van der Waals surface area contributed by atoms with Crippen LogP contribution in [0.3, 0.4) is 0 Å². The lowest BCUT2D eigenvalue weighted by Crippen LogP contribution is -2.43. The molecular formula is C34H45N5O2. The molecule has 2 aromatic carbocycles. The zero-order chi connectivity index (χ0) is 28.9. The summed E-state index contributed by atoms with van der Waals surface area (Å²) in [5.74, 6) is 0.546. The van der Waals surface area contributed by atoms with Gasteiger partial charge < -0.3 is 25.4 Å². The second kappa shape index (κ2) is 12.9. The highest BCUT2D eigenvalue weighted by molar-refractivity contribution is 5.99. The molecule has 218 valence electrons. The quantitative estimate of drug-likeness (QED) is 0.333. The summed E-state index contributed by atoms with van der Waals surface area (Å²) in [4.78, 5) is 34.0. The maximum atomic E-state index is 13.7. The lowest BCUT2D eigenvalue weighted by molar-refractivity contribution is 0.0950. The molecule has 0 spiro atoms. The number of amides is 1. The van der Waals surface area contributed by atoms with Gasteiger partial charge in [0.1, 0.15) is 0 Å². The van der Waals surface area contributed by atoms with Crippen LogP contribution in [0, 0.1) is 26.7 Å². The minimum Gasteiger partial charge on any atom is -0.371 e. The summed E-state index contributed by atoms with van der Waals surface area (Å²) >= 11 is 0. The standard InChI is InChI=1S/C34H45N5O2/c1-5-38(22-26-8-6-7-9-26)32-20-28(27-10-12-29(13-11-27)39-16-14-35-15-17-39)19-30(25(32)4)33(40)36-21-31-23(2)18-24(3)37-34(31)41/h10-13,18-20,26,35H,5-9,14-17,21-22H2,1-4H3,(H,36,40)(H,37,41). The predicted octanol–water partition coefficient (Wildman–Crippen LogP) is 5.32. The molecule has 2 fully saturated rings. The normalized spacial score (nSPS) is 15.8. The highest BCUT2D eigenvalue weighted by Crippen LogP contribution is 2.34. The maximum Gasteiger partial charge on any atom is 0.253 e. The summed E-state index contributed by atoms with van der Waals surface area (Å²) in [6.45, 7) is 14.2. The van der Waals surface area contributed by atoms with E-state index in [0.29, 0.717) is 17.0 Å². The van der Waals surface area contributed by atoms with Gasteiger partial charge in [0.25, 0.3) is 11.5 Å². The second-order valence-corrected chi connectivity index (χ2v) is 11.8. The largest absolute Gasteiger partial charge is 0.371 e. The van der Waals surface area contributed by atoms with Crippen LogP contribution in [0.1, 0.15) is 65.3 Å². The molecule has 2 aliphatic rings. The average molecular weight is 556 g/mol. The number of nitrogens with zero attached hydrogens (tertiary/aromatic N) is 2. The van der Waals surface area contributed by atoms with Crippen molar-refractivity contribution in [3.05, 3.63) is 80.8 Å². The number of piperazine rings is 1. The SMILES string of the molecule is CCN(CC1CCCC1)c1cc(-c2ccc(N3CCNCC3)cc2)cc(C(=O)NCc2c(C)cc(C)[nH]c2=O)c1C. The van der Waals surface area contributed by atoms with E-state index in [9.17, 15) is 9.59 Å². The molecule has 1 aliphatic heterocycles. The molecule has 7 heteroatoms. The van der Waals surface area contributed by atoms with E-state index >= 15 is 0 Å².